The Hall–Kier alpha value is -0.0300. The molecule has 4 heteroatoms. The maximum atomic E-state index is 8.95. The largest absolute Gasteiger partial charge is 0.394 e. The molecule has 1 rings (SSSR count). The van der Waals surface area contributed by atoms with Crippen LogP contribution in [0.2, 0.25) is 0 Å². The molecular weight excluding hydrogens is 250 g/mol. The van der Waals surface area contributed by atoms with Crippen LogP contribution in [-0.2, 0) is 0 Å². The normalized spacial score (nSPS) is 12.9. The van der Waals surface area contributed by atoms with E-state index in [0.29, 0.717) is 0 Å². The summed E-state index contributed by atoms with van der Waals surface area (Å²) in [4.78, 5) is 1.12. The van der Waals surface area contributed by atoms with Gasteiger partial charge in [-0.3, -0.25) is 0 Å². The van der Waals surface area contributed by atoms with Crippen molar-refractivity contribution in [3.8, 4) is 0 Å². The SMILES string of the molecule is CSc1ccc(Br)cc1C(N)CO. The van der Waals surface area contributed by atoms with Crippen molar-refractivity contribution in [2.45, 2.75) is 10.9 Å². The Morgan fingerprint density at radius 2 is 2.31 bits per heavy atom. The molecule has 0 saturated carbocycles. The van der Waals surface area contributed by atoms with Crippen molar-refractivity contribution in [2.24, 2.45) is 5.73 Å². The summed E-state index contributed by atoms with van der Waals surface area (Å²) in [5.74, 6) is 0. The lowest BCUT2D eigenvalue weighted by Gasteiger charge is -2.13. The monoisotopic (exact) mass is 261 g/mol. The highest BCUT2D eigenvalue weighted by molar-refractivity contribution is 9.10. The molecule has 0 aliphatic rings. The van der Waals surface area contributed by atoms with Crippen molar-refractivity contribution < 1.29 is 5.11 Å². The zero-order valence-corrected chi connectivity index (χ0v) is 9.73. The van der Waals surface area contributed by atoms with Gasteiger partial charge in [0.05, 0.1) is 12.6 Å². The summed E-state index contributed by atoms with van der Waals surface area (Å²) < 4.78 is 0.990. The van der Waals surface area contributed by atoms with Crippen LogP contribution in [0.1, 0.15) is 11.6 Å². The first-order valence-electron chi connectivity index (χ1n) is 3.89. The second kappa shape index (κ2) is 5.00. The minimum Gasteiger partial charge on any atom is -0.394 e. The average Bonchev–Trinajstić information content (AvgIpc) is 2.16. The Morgan fingerprint density at radius 3 is 2.85 bits per heavy atom. The van der Waals surface area contributed by atoms with E-state index in [1.807, 2.05) is 24.5 Å². The van der Waals surface area contributed by atoms with Gasteiger partial charge >= 0.3 is 0 Å². The maximum Gasteiger partial charge on any atom is 0.0624 e. The number of benzene rings is 1. The Bertz CT molecular complexity index is 293. The van der Waals surface area contributed by atoms with Gasteiger partial charge in [-0.15, -0.1) is 11.8 Å². The predicted molar refractivity (Wildman–Crippen MR) is 59.9 cm³/mol. The summed E-state index contributed by atoms with van der Waals surface area (Å²) in [6.45, 7) is -0.0238. The predicted octanol–water partition coefficient (Wildman–Crippen LogP) is 2.16. The second-order valence-corrected chi connectivity index (χ2v) is 4.44. The number of rotatable bonds is 3. The van der Waals surface area contributed by atoms with Gasteiger partial charge in [0.1, 0.15) is 0 Å². The van der Waals surface area contributed by atoms with Crippen LogP contribution in [0.3, 0.4) is 0 Å². The standard InChI is InChI=1S/C9H12BrNOS/c1-13-9-3-2-6(10)4-7(9)8(11)5-12/h2-4,8,12H,5,11H2,1H3. The first-order valence-corrected chi connectivity index (χ1v) is 5.90. The van der Waals surface area contributed by atoms with Crippen molar-refractivity contribution in [3.05, 3.63) is 28.2 Å². The van der Waals surface area contributed by atoms with Crippen LogP contribution in [0.5, 0.6) is 0 Å². The van der Waals surface area contributed by atoms with Crippen molar-refractivity contribution in [3.63, 3.8) is 0 Å². The number of halogens is 1. The van der Waals surface area contributed by atoms with E-state index in [1.165, 1.54) is 0 Å². The van der Waals surface area contributed by atoms with Gasteiger partial charge in [-0.1, -0.05) is 15.9 Å². The molecule has 0 aliphatic carbocycles. The molecule has 2 nitrogen and oxygen atoms in total. The van der Waals surface area contributed by atoms with Gasteiger partial charge in [0.2, 0.25) is 0 Å². The van der Waals surface area contributed by atoms with Crippen LogP contribution in [0.15, 0.2) is 27.6 Å². The molecule has 0 saturated heterocycles. The van der Waals surface area contributed by atoms with Gasteiger partial charge < -0.3 is 10.8 Å². The van der Waals surface area contributed by atoms with E-state index in [9.17, 15) is 0 Å². The van der Waals surface area contributed by atoms with Crippen molar-refractivity contribution >= 4 is 27.7 Å². The van der Waals surface area contributed by atoms with E-state index in [1.54, 1.807) is 11.8 Å². The molecule has 13 heavy (non-hydrogen) atoms. The van der Waals surface area contributed by atoms with Crippen LogP contribution < -0.4 is 5.73 Å². The molecule has 0 fully saturated rings. The Labute approximate surface area is 90.7 Å². The molecule has 0 aromatic heterocycles. The Morgan fingerprint density at radius 1 is 1.62 bits per heavy atom. The summed E-state index contributed by atoms with van der Waals surface area (Å²) in [5.41, 5.74) is 6.75. The number of hydrogen-bond acceptors (Lipinski definition) is 3. The highest BCUT2D eigenvalue weighted by atomic mass is 79.9. The van der Waals surface area contributed by atoms with E-state index in [-0.39, 0.29) is 12.6 Å². The number of aliphatic hydroxyl groups excluding tert-OH is 1. The summed E-state index contributed by atoms with van der Waals surface area (Å²) >= 11 is 5.01. The zero-order valence-electron chi connectivity index (χ0n) is 7.33. The third-order valence-electron chi connectivity index (χ3n) is 1.79. The third kappa shape index (κ3) is 2.71. The molecular formula is C9H12BrNOS. The fourth-order valence-electron chi connectivity index (χ4n) is 1.09. The summed E-state index contributed by atoms with van der Waals surface area (Å²) in [5, 5.41) is 8.95. The van der Waals surface area contributed by atoms with Crippen LogP contribution in [0, 0.1) is 0 Å². The van der Waals surface area contributed by atoms with Gasteiger partial charge in [0.25, 0.3) is 0 Å². The maximum absolute atomic E-state index is 8.95. The van der Waals surface area contributed by atoms with Crippen molar-refractivity contribution in [2.75, 3.05) is 12.9 Å². The Balaban J connectivity index is 3.07. The lowest BCUT2D eigenvalue weighted by molar-refractivity contribution is 0.266. The van der Waals surface area contributed by atoms with Crippen molar-refractivity contribution in [1.29, 1.82) is 0 Å². The number of aliphatic hydroxyl groups is 1. The molecule has 0 heterocycles. The molecule has 0 aliphatic heterocycles. The van der Waals surface area contributed by atoms with Crippen LogP contribution in [0.25, 0.3) is 0 Å². The van der Waals surface area contributed by atoms with Crippen LogP contribution >= 0.6 is 27.7 Å². The first-order chi connectivity index (χ1) is 6.19. The highest BCUT2D eigenvalue weighted by Gasteiger charge is 2.09. The lowest BCUT2D eigenvalue weighted by Crippen LogP contribution is -2.15. The van der Waals surface area contributed by atoms with Gasteiger partial charge in [0.15, 0.2) is 0 Å². The van der Waals surface area contributed by atoms with E-state index in [2.05, 4.69) is 15.9 Å². The molecule has 1 unspecified atom stereocenters. The molecule has 1 atom stereocenters. The number of thioether (sulfide) groups is 1. The number of hydrogen-bond donors (Lipinski definition) is 2. The third-order valence-corrected chi connectivity index (χ3v) is 3.09. The van der Waals surface area contributed by atoms with E-state index in [4.69, 9.17) is 10.8 Å². The molecule has 0 radical (unpaired) electrons. The summed E-state index contributed by atoms with van der Waals surface area (Å²) in [6, 6.07) is 5.63. The smallest absolute Gasteiger partial charge is 0.0624 e. The molecule has 0 spiro atoms. The number of nitrogens with two attached hydrogens (primary N) is 1. The molecule has 0 bridgehead atoms. The molecule has 0 amide bonds. The lowest BCUT2D eigenvalue weighted by atomic mass is 10.1. The van der Waals surface area contributed by atoms with E-state index >= 15 is 0 Å². The van der Waals surface area contributed by atoms with Gasteiger partial charge in [-0.05, 0) is 30.0 Å². The minimum atomic E-state index is -0.292. The van der Waals surface area contributed by atoms with E-state index < -0.39 is 0 Å². The van der Waals surface area contributed by atoms with Gasteiger partial charge in [-0.25, -0.2) is 0 Å². The molecule has 3 N–H and O–H groups in total. The Kier molecular flexibility index (Phi) is 4.25. The fraction of sp³-hybridized carbons (Fsp3) is 0.333. The molecule has 1 aromatic rings. The van der Waals surface area contributed by atoms with Gasteiger partial charge in [-0.2, -0.15) is 0 Å². The quantitative estimate of drug-likeness (QED) is 0.820. The summed E-state index contributed by atoms with van der Waals surface area (Å²) in [6.07, 6.45) is 2.00. The average molecular weight is 262 g/mol. The van der Waals surface area contributed by atoms with Crippen LogP contribution in [0.4, 0.5) is 0 Å². The topological polar surface area (TPSA) is 46.2 Å². The van der Waals surface area contributed by atoms with Crippen LogP contribution in [-0.4, -0.2) is 18.0 Å². The fourth-order valence-corrected chi connectivity index (χ4v) is 2.12. The molecule has 72 valence electrons. The minimum absolute atomic E-state index is 0.0238. The second-order valence-electron chi connectivity index (χ2n) is 2.68. The first kappa shape index (κ1) is 11.0. The zero-order chi connectivity index (χ0) is 9.84. The molecule has 1 aromatic carbocycles. The highest BCUT2D eigenvalue weighted by Crippen LogP contribution is 2.27. The summed E-state index contributed by atoms with van der Waals surface area (Å²) in [7, 11) is 0. The van der Waals surface area contributed by atoms with E-state index in [0.717, 1.165) is 14.9 Å². The van der Waals surface area contributed by atoms with Gasteiger partial charge in [0, 0.05) is 9.37 Å². The van der Waals surface area contributed by atoms with Crippen molar-refractivity contribution in [1.82, 2.24) is 0 Å².